The largest absolute Gasteiger partial charge is 0.486 e. The predicted octanol–water partition coefficient (Wildman–Crippen LogP) is 3.87. The number of nitrogens with one attached hydrogen (secondary N) is 1. The monoisotopic (exact) mass is 386 g/mol. The Labute approximate surface area is 164 Å². The predicted molar refractivity (Wildman–Crippen MR) is 108 cm³/mol. The molecule has 1 unspecified atom stereocenters. The first-order valence-corrected chi connectivity index (χ1v) is 8.92. The molecular weight excluding hydrogens is 364 g/mol. The number of fused-ring (bicyclic) bond motifs is 1. The molecule has 27 heavy (non-hydrogen) atoms. The number of benzene rings is 2. The number of amides is 1. The minimum atomic E-state index is -0.0599. The van der Waals surface area contributed by atoms with E-state index in [4.69, 9.17) is 9.15 Å². The summed E-state index contributed by atoms with van der Waals surface area (Å²) in [6.07, 6.45) is 0. The quantitative estimate of drug-likeness (QED) is 0.739. The van der Waals surface area contributed by atoms with E-state index in [0.29, 0.717) is 37.3 Å². The van der Waals surface area contributed by atoms with Crippen molar-refractivity contribution in [2.75, 3.05) is 19.6 Å². The number of halogens is 1. The second-order valence-electron chi connectivity index (χ2n) is 6.67. The normalized spacial score (nSPS) is 16.8. The van der Waals surface area contributed by atoms with Gasteiger partial charge in [-0.15, -0.1) is 12.4 Å². The summed E-state index contributed by atoms with van der Waals surface area (Å²) >= 11 is 0. The number of piperazine rings is 1. The summed E-state index contributed by atoms with van der Waals surface area (Å²) in [6.45, 7) is 4.58. The minimum Gasteiger partial charge on any atom is -0.486 e. The lowest BCUT2D eigenvalue weighted by molar-refractivity contribution is 0.0673. The molecule has 1 aliphatic heterocycles. The second-order valence-corrected chi connectivity index (χ2v) is 6.67. The van der Waals surface area contributed by atoms with Crippen molar-refractivity contribution in [3.8, 4) is 5.75 Å². The Hall–Kier alpha value is -2.50. The third-order valence-electron chi connectivity index (χ3n) is 4.63. The van der Waals surface area contributed by atoms with Crippen LogP contribution in [0.1, 0.15) is 23.2 Å². The van der Waals surface area contributed by atoms with Gasteiger partial charge in [0.2, 0.25) is 0 Å². The zero-order chi connectivity index (χ0) is 17.9. The van der Waals surface area contributed by atoms with E-state index < -0.39 is 0 Å². The zero-order valence-corrected chi connectivity index (χ0v) is 16.0. The van der Waals surface area contributed by atoms with Gasteiger partial charge in [0.1, 0.15) is 18.1 Å². The van der Waals surface area contributed by atoms with Crippen LogP contribution in [0.3, 0.4) is 0 Å². The van der Waals surface area contributed by atoms with E-state index in [-0.39, 0.29) is 18.3 Å². The van der Waals surface area contributed by atoms with Gasteiger partial charge in [-0.2, -0.15) is 0 Å². The molecule has 6 heteroatoms. The first-order chi connectivity index (χ1) is 12.7. The number of carbonyl (C=O) groups excluding carboxylic acids is 1. The maximum Gasteiger partial charge on any atom is 0.289 e. The minimum absolute atomic E-state index is 0. The third kappa shape index (κ3) is 4.43. The van der Waals surface area contributed by atoms with Gasteiger partial charge in [-0.25, -0.2) is 0 Å². The fourth-order valence-electron chi connectivity index (χ4n) is 3.25. The van der Waals surface area contributed by atoms with E-state index in [0.717, 1.165) is 17.7 Å². The Morgan fingerprint density at radius 3 is 2.81 bits per heavy atom. The van der Waals surface area contributed by atoms with E-state index in [1.807, 2.05) is 35.2 Å². The van der Waals surface area contributed by atoms with Crippen LogP contribution < -0.4 is 10.1 Å². The molecule has 0 saturated carbocycles. The molecule has 1 aromatic heterocycles. The maximum absolute atomic E-state index is 12.5. The summed E-state index contributed by atoms with van der Waals surface area (Å²) in [5, 5.41) is 5.64. The summed E-state index contributed by atoms with van der Waals surface area (Å²) < 4.78 is 11.5. The zero-order valence-electron chi connectivity index (χ0n) is 15.2. The molecule has 0 bridgehead atoms. The highest BCUT2D eigenvalue weighted by molar-refractivity contribution is 5.91. The third-order valence-corrected chi connectivity index (χ3v) is 4.63. The van der Waals surface area contributed by atoms with Crippen molar-refractivity contribution in [2.24, 2.45) is 0 Å². The maximum atomic E-state index is 12.5. The van der Waals surface area contributed by atoms with Crippen LogP contribution >= 0.6 is 12.4 Å². The second kappa shape index (κ2) is 8.46. The molecule has 0 radical (unpaired) electrons. The van der Waals surface area contributed by atoms with E-state index in [9.17, 15) is 4.79 Å². The molecule has 1 atom stereocenters. The van der Waals surface area contributed by atoms with Gasteiger partial charge in [0.05, 0.1) is 0 Å². The van der Waals surface area contributed by atoms with Crippen LogP contribution in [0, 0.1) is 0 Å². The highest BCUT2D eigenvalue weighted by Crippen LogP contribution is 2.22. The van der Waals surface area contributed by atoms with Gasteiger partial charge in [0.25, 0.3) is 5.91 Å². The van der Waals surface area contributed by atoms with E-state index in [1.54, 1.807) is 12.1 Å². The van der Waals surface area contributed by atoms with Crippen LogP contribution in [-0.2, 0) is 6.61 Å². The summed E-state index contributed by atoms with van der Waals surface area (Å²) in [6, 6.07) is 18.0. The fraction of sp³-hybridized carbons (Fsp3) is 0.286. The summed E-state index contributed by atoms with van der Waals surface area (Å²) in [7, 11) is 0. The average molecular weight is 387 g/mol. The smallest absolute Gasteiger partial charge is 0.289 e. The Balaban J connectivity index is 0.00000210. The Bertz CT molecular complexity index is 924. The van der Waals surface area contributed by atoms with Gasteiger partial charge in [-0.05, 0) is 42.0 Å². The Morgan fingerprint density at radius 1 is 1.19 bits per heavy atom. The number of furan rings is 1. The number of nitrogens with zero attached hydrogens (tertiary/aromatic N) is 1. The summed E-state index contributed by atoms with van der Waals surface area (Å²) in [4.78, 5) is 14.4. The average Bonchev–Trinajstić information content (AvgIpc) is 3.14. The fourth-order valence-corrected chi connectivity index (χ4v) is 3.25. The van der Waals surface area contributed by atoms with Gasteiger partial charge in [0.15, 0.2) is 5.76 Å². The van der Waals surface area contributed by atoms with Gasteiger partial charge in [0, 0.05) is 25.7 Å². The van der Waals surface area contributed by atoms with Gasteiger partial charge in [-0.1, -0.05) is 30.3 Å². The van der Waals surface area contributed by atoms with Crippen molar-refractivity contribution in [3.05, 3.63) is 66.1 Å². The molecule has 1 fully saturated rings. The summed E-state index contributed by atoms with van der Waals surface area (Å²) in [5.74, 6) is 1.74. The molecule has 1 saturated heterocycles. The number of ether oxygens (including phenoxy) is 1. The van der Waals surface area contributed by atoms with Crippen LogP contribution in [0.25, 0.3) is 10.8 Å². The molecule has 0 aliphatic carbocycles. The van der Waals surface area contributed by atoms with Crippen LogP contribution in [0.5, 0.6) is 5.75 Å². The standard InChI is InChI=1S/C21H22N2O3.ClH/c1-15-13-23(11-10-22-15)21(24)20-9-8-19(26-20)14-25-18-7-6-16-4-2-3-5-17(16)12-18;/h2-9,12,15,22H,10-11,13-14H2,1H3;1H. The van der Waals surface area contributed by atoms with Crippen LogP contribution in [0.4, 0.5) is 0 Å². The number of carbonyl (C=O) groups is 1. The number of hydrogen-bond donors (Lipinski definition) is 1. The lowest BCUT2D eigenvalue weighted by atomic mass is 10.1. The number of hydrogen-bond acceptors (Lipinski definition) is 4. The highest BCUT2D eigenvalue weighted by Gasteiger charge is 2.23. The van der Waals surface area contributed by atoms with E-state index in [1.165, 1.54) is 5.39 Å². The van der Waals surface area contributed by atoms with Crippen molar-refractivity contribution < 1.29 is 13.9 Å². The molecule has 2 heterocycles. The van der Waals surface area contributed by atoms with Crippen molar-refractivity contribution in [1.82, 2.24) is 10.2 Å². The van der Waals surface area contributed by atoms with E-state index in [2.05, 4.69) is 24.4 Å². The molecule has 1 amide bonds. The first kappa shape index (κ1) is 19.3. The summed E-state index contributed by atoms with van der Waals surface area (Å²) in [5.41, 5.74) is 0. The van der Waals surface area contributed by atoms with Gasteiger partial charge < -0.3 is 19.4 Å². The van der Waals surface area contributed by atoms with Crippen molar-refractivity contribution >= 4 is 29.1 Å². The molecule has 1 aliphatic rings. The molecular formula is C21H23ClN2O3. The highest BCUT2D eigenvalue weighted by atomic mass is 35.5. The van der Waals surface area contributed by atoms with Crippen molar-refractivity contribution in [3.63, 3.8) is 0 Å². The lowest BCUT2D eigenvalue weighted by Crippen LogP contribution is -2.51. The van der Waals surface area contributed by atoms with Crippen LogP contribution in [-0.4, -0.2) is 36.5 Å². The molecule has 3 aromatic rings. The van der Waals surface area contributed by atoms with Gasteiger partial charge >= 0.3 is 0 Å². The van der Waals surface area contributed by atoms with Gasteiger partial charge in [-0.3, -0.25) is 4.79 Å². The van der Waals surface area contributed by atoms with Crippen molar-refractivity contribution in [2.45, 2.75) is 19.6 Å². The Morgan fingerprint density at radius 2 is 2.00 bits per heavy atom. The molecule has 2 aromatic carbocycles. The molecule has 142 valence electrons. The molecule has 4 rings (SSSR count). The van der Waals surface area contributed by atoms with Crippen molar-refractivity contribution in [1.29, 1.82) is 0 Å². The molecule has 0 spiro atoms. The number of rotatable bonds is 4. The lowest BCUT2D eigenvalue weighted by Gasteiger charge is -2.31. The van der Waals surface area contributed by atoms with Crippen LogP contribution in [0.2, 0.25) is 0 Å². The molecule has 5 nitrogen and oxygen atoms in total. The van der Waals surface area contributed by atoms with Crippen LogP contribution in [0.15, 0.2) is 59.0 Å². The first-order valence-electron chi connectivity index (χ1n) is 8.92. The van der Waals surface area contributed by atoms with E-state index >= 15 is 0 Å². The Kier molecular flexibility index (Phi) is 6.04. The topological polar surface area (TPSA) is 54.7 Å². The molecule has 1 N–H and O–H groups in total. The SMILES string of the molecule is CC1CN(C(=O)c2ccc(COc3ccc4ccccc4c3)o2)CCN1.Cl.